The average molecular weight is 791 g/mol. The van der Waals surface area contributed by atoms with Crippen LogP contribution in [0, 0.1) is 0 Å². The summed E-state index contributed by atoms with van der Waals surface area (Å²) in [5.41, 5.74) is 17.7. The molecule has 0 amide bonds. The zero-order chi connectivity index (χ0) is 40.7. The minimum Gasteiger partial charge on any atom is -0.309 e. The van der Waals surface area contributed by atoms with Crippen molar-refractivity contribution in [1.29, 1.82) is 0 Å². The molecule has 0 bridgehead atoms. The van der Waals surface area contributed by atoms with Crippen molar-refractivity contribution in [1.82, 2.24) is 9.13 Å². The van der Waals surface area contributed by atoms with Gasteiger partial charge < -0.3 is 9.13 Å². The van der Waals surface area contributed by atoms with Gasteiger partial charge in [-0.15, -0.1) is 0 Å². The van der Waals surface area contributed by atoms with E-state index in [1.165, 1.54) is 109 Å². The summed E-state index contributed by atoms with van der Waals surface area (Å²) in [5, 5.41) is 5.12. The highest BCUT2D eigenvalue weighted by molar-refractivity contribution is 7.99. The minimum absolute atomic E-state index is 0.0493. The van der Waals surface area contributed by atoms with Crippen LogP contribution in [0.2, 0.25) is 0 Å². The van der Waals surface area contributed by atoms with Crippen LogP contribution in [-0.4, -0.2) is 9.13 Å². The van der Waals surface area contributed by atoms with Gasteiger partial charge in [0.15, 0.2) is 0 Å². The molecule has 0 saturated heterocycles. The number of nitrogens with zero attached hydrogens (tertiary/aromatic N) is 2. The van der Waals surface area contributed by atoms with Crippen molar-refractivity contribution in [2.24, 2.45) is 0 Å². The Hall–Kier alpha value is -6.29. The Balaban J connectivity index is 1.10. The van der Waals surface area contributed by atoms with Gasteiger partial charge >= 0.3 is 0 Å². The summed E-state index contributed by atoms with van der Waals surface area (Å²) < 4.78 is 4.99. The summed E-state index contributed by atoms with van der Waals surface area (Å²) in [6.07, 6.45) is 0. The number of rotatable bonds is 2. The maximum atomic E-state index is 2.51. The monoisotopic (exact) mass is 790 g/mol. The molecule has 60 heavy (non-hydrogen) atoms. The molecule has 0 atom stereocenters. The second-order valence-electron chi connectivity index (χ2n) is 19.0. The molecular weight excluding hydrogens is 745 g/mol. The molecule has 1 aliphatic heterocycles. The molecule has 10 aromatic rings. The summed E-state index contributed by atoms with van der Waals surface area (Å²) >= 11 is 1.90. The first-order valence-electron chi connectivity index (χ1n) is 21.3. The van der Waals surface area contributed by atoms with Gasteiger partial charge in [-0.2, -0.15) is 0 Å². The number of fused-ring (bicyclic) bond motifs is 15. The fourth-order valence-corrected chi connectivity index (χ4v) is 11.8. The van der Waals surface area contributed by atoms with Crippen molar-refractivity contribution in [3.05, 3.63) is 203 Å². The quantitative estimate of drug-likeness (QED) is 0.170. The number of hydrogen-bond acceptors (Lipinski definition) is 1. The van der Waals surface area contributed by atoms with Gasteiger partial charge in [0.05, 0.1) is 27.5 Å². The van der Waals surface area contributed by atoms with Crippen LogP contribution < -0.4 is 0 Å². The first-order chi connectivity index (χ1) is 29.0. The van der Waals surface area contributed by atoms with E-state index in [1.807, 2.05) is 11.8 Å². The third-order valence-electron chi connectivity index (χ3n) is 13.5. The molecule has 3 heteroatoms. The zero-order valence-electron chi connectivity index (χ0n) is 35.0. The van der Waals surface area contributed by atoms with E-state index in [-0.39, 0.29) is 10.8 Å². The van der Waals surface area contributed by atoms with Crippen molar-refractivity contribution in [3.63, 3.8) is 0 Å². The number of aromatic nitrogens is 2. The van der Waals surface area contributed by atoms with Gasteiger partial charge in [0.1, 0.15) is 0 Å². The molecule has 290 valence electrons. The van der Waals surface area contributed by atoms with Gasteiger partial charge in [-0.25, -0.2) is 0 Å². The molecule has 2 aliphatic rings. The lowest BCUT2D eigenvalue weighted by Crippen LogP contribution is -2.32. The third kappa shape index (κ3) is 4.84. The van der Waals surface area contributed by atoms with E-state index in [2.05, 4.69) is 221 Å². The van der Waals surface area contributed by atoms with Crippen LogP contribution in [0.5, 0.6) is 0 Å². The molecule has 12 rings (SSSR count). The summed E-state index contributed by atoms with van der Waals surface area (Å²) in [4.78, 5) is 2.64. The minimum atomic E-state index is -0.428. The summed E-state index contributed by atoms with van der Waals surface area (Å²) in [6, 6.07) is 64.7. The molecular formula is C57H46N2S. The van der Waals surface area contributed by atoms with E-state index < -0.39 is 5.41 Å². The van der Waals surface area contributed by atoms with E-state index in [1.54, 1.807) is 0 Å². The average Bonchev–Trinajstić information content (AvgIpc) is 3.86. The van der Waals surface area contributed by atoms with Crippen molar-refractivity contribution in [3.8, 4) is 22.5 Å². The highest BCUT2D eigenvalue weighted by Crippen LogP contribution is 2.62. The van der Waals surface area contributed by atoms with E-state index in [4.69, 9.17) is 0 Å². The Labute approximate surface area is 356 Å². The fraction of sp³-hybridized carbons (Fsp3) is 0.158. The van der Waals surface area contributed by atoms with E-state index in [0.717, 1.165) is 0 Å². The molecule has 1 spiro atoms. The molecule has 1 aliphatic carbocycles. The second kappa shape index (κ2) is 12.4. The predicted octanol–water partition coefficient (Wildman–Crippen LogP) is 15.3. The lowest BCUT2D eigenvalue weighted by Gasteiger charge is -2.39. The van der Waals surface area contributed by atoms with Gasteiger partial charge in [0.25, 0.3) is 0 Å². The Morgan fingerprint density at radius 2 is 0.817 bits per heavy atom. The Bertz CT molecular complexity index is 3320. The van der Waals surface area contributed by atoms with Crippen molar-refractivity contribution < 1.29 is 0 Å². The molecule has 0 unspecified atom stereocenters. The Morgan fingerprint density at radius 1 is 0.367 bits per heavy atom. The second-order valence-corrected chi connectivity index (χ2v) is 20.1. The first kappa shape index (κ1) is 35.6. The van der Waals surface area contributed by atoms with Crippen LogP contribution in [0.4, 0.5) is 0 Å². The third-order valence-corrected chi connectivity index (χ3v) is 14.7. The zero-order valence-corrected chi connectivity index (χ0v) is 35.8. The molecule has 2 nitrogen and oxygen atoms in total. The standard InChI is InChI=1S/C57H46N2S/c1-55(2,3)35-23-28-50-42(31-35)43-32-36(56(4,5)6)24-29-51(43)58(50)37-26-30-52-44(33-37)41-16-8-12-20-49(41)59(52)38-25-27-40-39-15-7-9-17-45(39)57(48(40)34-38)46-18-10-13-21-53(46)60-54-22-14-11-19-47(54)57/h7-34H,1-6H3. The highest BCUT2D eigenvalue weighted by atomic mass is 32.2. The van der Waals surface area contributed by atoms with Crippen LogP contribution in [0.25, 0.3) is 66.1 Å². The SMILES string of the molecule is CC(C)(C)c1ccc2c(c1)c1cc(C(C)(C)C)ccc1n2-c1ccc2c(c1)c1ccccc1n2-c1ccc2c(c1)C1(c3ccccc3Sc3ccccc31)c1ccccc1-2. The molecule has 0 fully saturated rings. The molecule has 3 heterocycles. The van der Waals surface area contributed by atoms with Crippen LogP contribution in [-0.2, 0) is 16.2 Å². The van der Waals surface area contributed by atoms with Crippen LogP contribution in [0.3, 0.4) is 0 Å². The summed E-state index contributed by atoms with van der Waals surface area (Å²) in [7, 11) is 0. The topological polar surface area (TPSA) is 9.86 Å². The normalized spacial score (nSPS) is 14.2. The first-order valence-corrected chi connectivity index (χ1v) is 22.1. The van der Waals surface area contributed by atoms with Crippen LogP contribution >= 0.6 is 11.8 Å². The maximum Gasteiger partial charge on any atom is 0.0736 e. The smallest absolute Gasteiger partial charge is 0.0736 e. The van der Waals surface area contributed by atoms with Crippen molar-refractivity contribution in [2.45, 2.75) is 67.6 Å². The van der Waals surface area contributed by atoms with Gasteiger partial charge in [0, 0.05) is 42.7 Å². The molecule has 2 aromatic heterocycles. The van der Waals surface area contributed by atoms with Gasteiger partial charge in [-0.1, -0.05) is 150 Å². The van der Waals surface area contributed by atoms with Crippen molar-refractivity contribution in [2.75, 3.05) is 0 Å². The molecule has 0 radical (unpaired) electrons. The lowest BCUT2D eigenvalue weighted by molar-refractivity contribution is 0.590. The van der Waals surface area contributed by atoms with Crippen LogP contribution in [0.15, 0.2) is 180 Å². The summed E-state index contributed by atoms with van der Waals surface area (Å²) in [6.45, 7) is 13.9. The largest absolute Gasteiger partial charge is 0.309 e. The van der Waals surface area contributed by atoms with Crippen molar-refractivity contribution >= 4 is 55.4 Å². The Morgan fingerprint density at radius 3 is 1.43 bits per heavy atom. The number of benzene rings is 8. The Kier molecular flexibility index (Phi) is 7.35. The molecule has 0 saturated carbocycles. The summed E-state index contributed by atoms with van der Waals surface area (Å²) in [5.74, 6) is 0. The maximum absolute atomic E-state index is 2.51. The van der Waals surface area contributed by atoms with Gasteiger partial charge in [0.2, 0.25) is 0 Å². The van der Waals surface area contributed by atoms with Crippen LogP contribution in [0.1, 0.15) is 74.9 Å². The van der Waals surface area contributed by atoms with E-state index >= 15 is 0 Å². The van der Waals surface area contributed by atoms with Gasteiger partial charge in [-0.05, 0) is 128 Å². The molecule has 0 N–H and O–H groups in total. The lowest BCUT2D eigenvalue weighted by atomic mass is 9.67. The molecule has 8 aromatic carbocycles. The van der Waals surface area contributed by atoms with E-state index in [9.17, 15) is 0 Å². The fourth-order valence-electron chi connectivity index (χ4n) is 10.6. The van der Waals surface area contributed by atoms with E-state index in [0.29, 0.717) is 0 Å². The van der Waals surface area contributed by atoms with Gasteiger partial charge in [-0.3, -0.25) is 0 Å². The number of hydrogen-bond donors (Lipinski definition) is 0. The predicted molar refractivity (Wildman–Crippen MR) is 254 cm³/mol. The number of para-hydroxylation sites is 1. The highest BCUT2D eigenvalue weighted by Gasteiger charge is 2.50.